The molecule has 2 aromatic carbocycles. The number of hydrogen-bond donors (Lipinski definition) is 2. The van der Waals surface area contributed by atoms with Crippen molar-refractivity contribution in [3.05, 3.63) is 83.1 Å². The Balaban J connectivity index is 1.67. The Bertz CT molecular complexity index is 1230. The largest absolute Gasteiger partial charge is 0.508 e. The summed E-state index contributed by atoms with van der Waals surface area (Å²) in [6, 6.07) is 14.1. The van der Waals surface area contributed by atoms with E-state index < -0.39 is 11.6 Å². The first-order chi connectivity index (χ1) is 14.0. The van der Waals surface area contributed by atoms with Crippen molar-refractivity contribution in [2.75, 3.05) is 5.32 Å². The minimum Gasteiger partial charge on any atom is -0.508 e. The van der Waals surface area contributed by atoms with Gasteiger partial charge in [0.2, 0.25) is 0 Å². The summed E-state index contributed by atoms with van der Waals surface area (Å²) in [6.07, 6.45) is 1.47. The maximum absolute atomic E-state index is 13.4. The number of aromatic nitrogens is 3. The number of fused-ring (bicyclic) bond motifs is 1. The summed E-state index contributed by atoms with van der Waals surface area (Å²) in [5.41, 5.74) is 2.42. The van der Waals surface area contributed by atoms with E-state index in [0.29, 0.717) is 34.5 Å². The lowest BCUT2D eigenvalue weighted by molar-refractivity contribution is 0.475. The summed E-state index contributed by atoms with van der Waals surface area (Å²) in [7, 11) is 0. The van der Waals surface area contributed by atoms with Crippen LogP contribution >= 0.6 is 0 Å². The summed E-state index contributed by atoms with van der Waals surface area (Å²) in [4.78, 5) is 4.35. The highest BCUT2D eigenvalue weighted by Gasteiger charge is 2.14. The number of pyridine rings is 1. The second-order valence-corrected chi connectivity index (χ2v) is 6.48. The van der Waals surface area contributed by atoms with E-state index in [1.807, 2.05) is 0 Å². The van der Waals surface area contributed by atoms with E-state index in [4.69, 9.17) is 0 Å². The minimum atomic E-state index is -0.916. The first-order valence-corrected chi connectivity index (χ1v) is 8.76. The van der Waals surface area contributed by atoms with Gasteiger partial charge in [-0.15, -0.1) is 0 Å². The zero-order valence-corrected chi connectivity index (χ0v) is 15.1. The van der Waals surface area contributed by atoms with Gasteiger partial charge in [0.1, 0.15) is 11.8 Å². The molecule has 0 aliphatic heterocycles. The van der Waals surface area contributed by atoms with Crippen molar-refractivity contribution < 1.29 is 13.9 Å². The topological polar surface area (TPSA) is 86.8 Å². The van der Waals surface area contributed by atoms with Crippen molar-refractivity contribution in [2.45, 2.75) is 13.1 Å². The Morgan fingerprint density at radius 3 is 2.52 bits per heavy atom. The molecule has 0 unspecified atom stereocenters. The highest BCUT2D eigenvalue weighted by atomic mass is 19.2. The van der Waals surface area contributed by atoms with Crippen LogP contribution in [0.4, 0.5) is 14.6 Å². The number of aromatic hydroxyl groups is 1. The number of benzene rings is 2. The lowest BCUT2D eigenvalue weighted by atomic mass is 10.2. The summed E-state index contributed by atoms with van der Waals surface area (Å²) >= 11 is 0. The first kappa shape index (κ1) is 18.4. The molecule has 8 heteroatoms. The maximum atomic E-state index is 13.4. The van der Waals surface area contributed by atoms with Crippen LogP contribution in [-0.4, -0.2) is 19.9 Å². The lowest BCUT2D eigenvalue weighted by Gasteiger charge is -2.05. The number of phenols is 1. The highest BCUT2D eigenvalue weighted by Crippen LogP contribution is 2.24. The molecular weight excluding hydrogens is 376 g/mol. The van der Waals surface area contributed by atoms with Crippen molar-refractivity contribution in [3.63, 3.8) is 0 Å². The van der Waals surface area contributed by atoms with Gasteiger partial charge in [-0.05, 0) is 41.5 Å². The highest BCUT2D eigenvalue weighted by molar-refractivity contribution is 5.88. The number of nitrogens with one attached hydrogen (secondary N) is 1. The average molecular weight is 391 g/mol. The van der Waals surface area contributed by atoms with E-state index in [-0.39, 0.29) is 12.3 Å². The van der Waals surface area contributed by atoms with Gasteiger partial charge in [-0.3, -0.25) is 0 Å². The Labute approximate surface area is 164 Å². The molecule has 2 aromatic heterocycles. The Morgan fingerprint density at radius 2 is 1.79 bits per heavy atom. The fraction of sp³-hybridized carbons (Fsp3) is 0.0952. The molecule has 29 heavy (non-hydrogen) atoms. The van der Waals surface area contributed by atoms with Crippen molar-refractivity contribution in [1.29, 1.82) is 5.26 Å². The second kappa shape index (κ2) is 7.56. The second-order valence-electron chi connectivity index (χ2n) is 6.48. The van der Waals surface area contributed by atoms with E-state index in [1.165, 1.54) is 12.3 Å². The summed E-state index contributed by atoms with van der Waals surface area (Å²) in [5, 5.41) is 26.9. The van der Waals surface area contributed by atoms with Crippen molar-refractivity contribution in [3.8, 4) is 11.8 Å². The minimum absolute atomic E-state index is 0.171. The number of phenolic OH excluding ortho intramolecular Hbond substituents is 1. The molecule has 0 aliphatic carbocycles. The monoisotopic (exact) mass is 391 g/mol. The lowest BCUT2D eigenvalue weighted by Crippen LogP contribution is -2.05. The fourth-order valence-corrected chi connectivity index (χ4v) is 2.97. The van der Waals surface area contributed by atoms with Crippen LogP contribution in [0.2, 0.25) is 0 Å². The average Bonchev–Trinajstić information content (AvgIpc) is 3.07. The van der Waals surface area contributed by atoms with Gasteiger partial charge in [0.15, 0.2) is 23.1 Å². The summed E-state index contributed by atoms with van der Waals surface area (Å²) in [5.74, 6) is -1.17. The van der Waals surface area contributed by atoms with Crippen molar-refractivity contribution >= 4 is 16.9 Å². The molecule has 6 nitrogen and oxygen atoms in total. The third-order valence-electron chi connectivity index (χ3n) is 4.43. The predicted octanol–water partition coefficient (Wildman–Crippen LogP) is 3.95. The number of halogens is 2. The maximum Gasteiger partial charge on any atom is 0.160 e. The van der Waals surface area contributed by atoms with Crippen LogP contribution in [0.25, 0.3) is 11.0 Å². The molecule has 2 N–H and O–H groups in total. The number of hydrogen-bond acceptors (Lipinski definition) is 5. The third-order valence-corrected chi connectivity index (χ3v) is 4.43. The molecule has 0 bridgehead atoms. The quantitative estimate of drug-likeness (QED) is 0.538. The molecule has 0 amide bonds. The van der Waals surface area contributed by atoms with Crippen LogP contribution in [0.15, 0.2) is 54.7 Å². The van der Waals surface area contributed by atoms with E-state index in [0.717, 1.165) is 17.7 Å². The van der Waals surface area contributed by atoms with Crippen LogP contribution in [-0.2, 0) is 13.1 Å². The van der Waals surface area contributed by atoms with Gasteiger partial charge < -0.3 is 10.4 Å². The van der Waals surface area contributed by atoms with E-state index in [9.17, 15) is 19.1 Å². The number of rotatable bonds is 5. The molecule has 0 spiro atoms. The number of nitriles is 1. The van der Waals surface area contributed by atoms with E-state index in [1.54, 1.807) is 35.0 Å². The van der Waals surface area contributed by atoms with E-state index in [2.05, 4.69) is 21.5 Å². The van der Waals surface area contributed by atoms with Crippen LogP contribution < -0.4 is 5.32 Å². The molecule has 0 aliphatic rings. The molecule has 0 atom stereocenters. The van der Waals surface area contributed by atoms with Gasteiger partial charge in [-0.2, -0.15) is 10.4 Å². The van der Waals surface area contributed by atoms with Crippen LogP contribution in [0, 0.1) is 23.0 Å². The van der Waals surface area contributed by atoms with E-state index >= 15 is 0 Å². The first-order valence-electron chi connectivity index (χ1n) is 8.76. The van der Waals surface area contributed by atoms with Gasteiger partial charge >= 0.3 is 0 Å². The van der Waals surface area contributed by atoms with Gasteiger partial charge in [0, 0.05) is 12.7 Å². The molecular formula is C21H15F2N5O. The third kappa shape index (κ3) is 3.84. The number of anilines is 1. The Morgan fingerprint density at radius 1 is 1.03 bits per heavy atom. The van der Waals surface area contributed by atoms with Gasteiger partial charge in [-0.25, -0.2) is 18.4 Å². The molecule has 0 saturated heterocycles. The molecule has 144 valence electrons. The van der Waals surface area contributed by atoms with Crippen LogP contribution in [0.5, 0.6) is 5.75 Å². The van der Waals surface area contributed by atoms with Gasteiger partial charge in [0.05, 0.1) is 17.5 Å². The molecule has 4 rings (SSSR count). The smallest absolute Gasteiger partial charge is 0.160 e. The van der Waals surface area contributed by atoms with Crippen LogP contribution in [0.3, 0.4) is 0 Å². The summed E-state index contributed by atoms with van der Waals surface area (Å²) in [6.45, 7) is 0.627. The molecule has 4 aromatic rings. The van der Waals surface area contributed by atoms with Crippen molar-refractivity contribution in [1.82, 2.24) is 14.8 Å². The zero-order valence-electron chi connectivity index (χ0n) is 15.1. The molecule has 2 heterocycles. The Hall–Kier alpha value is -3.99. The van der Waals surface area contributed by atoms with Gasteiger partial charge in [-0.1, -0.05) is 18.2 Å². The van der Waals surface area contributed by atoms with Crippen LogP contribution in [0.1, 0.15) is 16.7 Å². The van der Waals surface area contributed by atoms with Gasteiger partial charge in [0.25, 0.3) is 0 Å². The molecule has 0 saturated carbocycles. The predicted molar refractivity (Wildman–Crippen MR) is 103 cm³/mol. The fourth-order valence-electron chi connectivity index (χ4n) is 2.97. The standard InChI is InChI=1S/C21H15F2N5O/c22-18-6-3-14(8-19(18)23)10-25-20-17-7-15(9-24)11-26-21(17)28(27-20)12-13-1-4-16(29)5-2-13/h1-8,11,29H,10,12H2,(H,25,27). The summed E-state index contributed by atoms with van der Waals surface area (Å²) < 4.78 is 28.2. The normalized spacial score (nSPS) is 10.8. The molecule has 0 radical (unpaired) electrons. The Kier molecular flexibility index (Phi) is 4.79. The number of nitrogens with zero attached hydrogens (tertiary/aromatic N) is 4. The van der Waals surface area contributed by atoms with Crippen molar-refractivity contribution in [2.24, 2.45) is 0 Å². The zero-order chi connectivity index (χ0) is 20.4. The molecule has 0 fully saturated rings. The SMILES string of the molecule is N#Cc1cnc2c(c1)c(NCc1ccc(F)c(F)c1)nn2Cc1ccc(O)cc1.